The van der Waals surface area contributed by atoms with Gasteiger partial charge in [0.05, 0.1) is 5.69 Å². The molecule has 0 aliphatic rings. The maximum Gasteiger partial charge on any atom is 0.356 e. The molecule has 0 saturated carbocycles. The zero-order chi connectivity index (χ0) is 10.8. The first-order chi connectivity index (χ1) is 7.16. The van der Waals surface area contributed by atoms with Gasteiger partial charge >= 0.3 is 5.97 Å². The van der Waals surface area contributed by atoms with Gasteiger partial charge in [-0.25, -0.2) is 14.5 Å². The van der Waals surface area contributed by atoms with E-state index in [1.54, 1.807) is 18.3 Å². The Bertz CT molecular complexity index is 510. The summed E-state index contributed by atoms with van der Waals surface area (Å²) in [5, 5.41) is 12.9. The molecule has 0 radical (unpaired) electrons. The quantitative estimate of drug-likeness (QED) is 0.786. The van der Waals surface area contributed by atoms with E-state index in [9.17, 15) is 4.79 Å². The molecule has 2 heterocycles. The molecular weight excluding hydrogens is 218 g/mol. The van der Waals surface area contributed by atoms with Crippen molar-refractivity contribution in [3.8, 4) is 5.69 Å². The Balaban J connectivity index is 2.41. The molecule has 2 aromatic heterocycles. The van der Waals surface area contributed by atoms with Gasteiger partial charge in [0.25, 0.3) is 0 Å². The van der Waals surface area contributed by atoms with Crippen molar-refractivity contribution in [3.63, 3.8) is 0 Å². The van der Waals surface area contributed by atoms with Crippen molar-refractivity contribution in [1.82, 2.24) is 14.8 Å². The van der Waals surface area contributed by atoms with Crippen LogP contribution in [0.15, 0.2) is 30.6 Å². The fourth-order valence-corrected chi connectivity index (χ4v) is 1.28. The Morgan fingerprint density at radius 2 is 2.27 bits per heavy atom. The van der Waals surface area contributed by atoms with Gasteiger partial charge in [0, 0.05) is 18.5 Å². The second-order valence-corrected chi connectivity index (χ2v) is 3.17. The standard InChI is InChI=1S/C9H6ClN3O2/c10-8-5-6(1-3-11-8)13-4-2-7(12-13)9(14)15/h1-5H,(H,14,15). The number of pyridine rings is 1. The van der Waals surface area contributed by atoms with Crippen LogP contribution in [0.1, 0.15) is 10.5 Å². The first-order valence-corrected chi connectivity index (χ1v) is 4.45. The smallest absolute Gasteiger partial charge is 0.356 e. The molecule has 0 amide bonds. The van der Waals surface area contributed by atoms with E-state index in [0.29, 0.717) is 10.8 Å². The van der Waals surface area contributed by atoms with Gasteiger partial charge in [-0.2, -0.15) is 5.10 Å². The van der Waals surface area contributed by atoms with Crippen molar-refractivity contribution >= 4 is 17.6 Å². The Morgan fingerprint density at radius 3 is 2.87 bits per heavy atom. The maximum absolute atomic E-state index is 10.6. The number of rotatable bonds is 2. The third-order valence-corrected chi connectivity index (χ3v) is 1.99. The number of carboxylic acids is 1. The largest absolute Gasteiger partial charge is 0.476 e. The second kappa shape index (κ2) is 3.70. The summed E-state index contributed by atoms with van der Waals surface area (Å²) in [6.45, 7) is 0. The summed E-state index contributed by atoms with van der Waals surface area (Å²) in [7, 11) is 0. The molecule has 0 spiro atoms. The number of aromatic nitrogens is 3. The zero-order valence-corrected chi connectivity index (χ0v) is 8.22. The Labute approximate surface area is 89.9 Å². The fraction of sp³-hybridized carbons (Fsp3) is 0. The van der Waals surface area contributed by atoms with E-state index in [4.69, 9.17) is 16.7 Å². The molecule has 1 N–H and O–H groups in total. The molecule has 2 rings (SSSR count). The van der Waals surface area contributed by atoms with Crippen molar-refractivity contribution < 1.29 is 9.90 Å². The van der Waals surface area contributed by atoms with Gasteiger partial charge in [0.15, 0.2) is 5.69 Å². The number of hydrogen-bond acceptors (Lipinski definition) is 3. The predicted octanol–water partition coefficient (Wildman–Crippen LogP) is 1.62. The Kier molecular flexibility index (Phi) is 2.39. The van der Waals surface area contributed by atoms with Crippen LogP contribution in [0, 0.1) is 0 Å². The van der Waals surface area contributed by atoms with Gasteiger partial charge in [-0.15, -0.1) is 0 Å². The molecule has 0 aliphatic heterocycles. The third kappa shape index (κ3) is 1.97. The lowest BCUT2D eigenvalue weighted by molar-refractivity contribution is 0.0690. The van der Waals surface area contributed by atoms with Crippen molar-refractivity contribution in [3.05, 3.63) is 41.4 Å². The van der Waals surface area contributed by atoms with Crippen LogP contribution in [0.3, 0.4) is 0 Å². The Hall–Kier alpha value is -1.88. The molecule has 15 heavy (non-hydrogen) atoms. The molecule has 0 aromatic carbocycles. The molecule has 0 fully saturated rings. The predicted molar refractivity (Wildman–Crippen MR) is 53.3 cm³/mol. The van der Waals surface area contributed by atoms with E-state index in [2.05, 4.69) is 10.1 Å². The maximum atomic E-state index is 10.6. The van der Waals surface area contributed by atoms with Crippen LogP contribution in [-0.2, 0) is 0 Å². The molecule has 2 aromatic rings. The van der Waals surface area contributed by atoms with Gasteiger partial charge in [-0.3, -0.25) is 0 Å². The van der Waals surface area contributed by atoms with Crippen LogP contribution in [0.2, 0.25) is 5.15 Å². The second-order valence-electron chi connectivity index (χ2n) is 2.79. The van der Waals surface area contributed by atoms with Crippen molar-refractivity contribution in [2.45, 2.75) is 0 Å². The van der Waals surface area contributed by atoms with E-state index in [1.807, 2.05) is 0 Å². The summed E-state index contributed by atoms with van der Waals surface area (Å²) in [4.78, 5) is 14.4. The SMILES string of the molecule is O=C(O)c1ccn(-c2ccnc(Cl)c2)n1. The highest BCUT2D eigenvalue weighted by Crippen LogP contribution is 2.11. The van der Waals surface area contributed by atoms with Crippen molar-refractivity contribution in [2.24, 2.45) is 0 Å². The first kappa shape index (κ1) is 9.67. The summed E-state index contributed by atoms with van der Waals surface area (Å²) < 4.78 is 1.43. The summed E-state index contributed by atoms with van der Waals surface area (Å²) in [6, 6.07) is 4.70. The highest BCUT2D eigenvalue weighted by molar-refractivity contribution is 6.29. The lowest BCUT2D eigenvalue weighted by Crippen LogP contribution is -2.00. The van der Waals surface area contributed by atoms with E-state index in [1.165, 1.54) is 16.9 Å². The number of nitrogens with zero attached hydrogens (tertiary/aromatic N) is 3. The van der Waals surface area contributed by atoms with Gasteiger partial charge in [-0.1, -0.05) is 11.6 Å². The molecule has 5 nitrogen and oxygen atoms in total. The third-order valence-electron chi connectivity index (χ3n) is 1.78. The minimum atomic E-state index is -1.06. The highest BCUT2D eigenvalue weighted by atomic mass is 35.5. The van der Waals surface area contributed by atoms with Gasteiger partial charge in [0.1, 0.15) is 5.15 Å². The lowest BCUT2D eigenvalue weighted by atomic mass is 10.4. The minimum absolute atomic E-state index is 0.0112. The molecule has 0 bridgehead atoms. The number of halogens is 1. The molecule has 76 valence electrons. The van der Waals surface area contributed by atoms with Crippen LogP contribution in [0.25, 0.3) is 5.69 Å². The summed E-state index contributed by atoms with van der Waals surface area (Å²) in [5.41, 5.74) is 0.658. The molecule has 0 atom stereocenters. The van der Waals surface area contributed by atoms with E-state index >= 15 is 0 Å². The summed E-state index contributed by atoms with van der Waals surface area (Å²) in [5.74, 6) is -1.06. The molecular formula is C9H6ClN3O2. The average molecular weight is 224 g/mol. The highest BCUT2D eigenvalue weighted by Gasteiger charge is 2.07. The number of carboxylic acid groups (broad SMARTS) is 1. The van der Waals surface area contributed by atoms with E-state index in [0.717, 1.165) is 0 Å². The number of hydrogen-bond donors (Lipinski definition) is 1. The summed E-state index contributed by atoms with van der Waals surface area (Å²) >= 11 is 5.70. The monoisotopic (exact) mass is 223 g/mol. The minimum Gasteiger partial charge on any atom is -0.476 e. The van der Waals surface area contributed by atoms with E-state index < -0.39 is 5.97 Å². The van der Waals surface area contributed by atoms with Crippen LogP contribution >= 0.6 is 11.6 Å². The van der Waals surface area contributed by atoms with Crippen LogP contribution in [-0.4, -0.2) is 25.8 Å². The number of carbonyl (C=O) groups is 1. The van der Waals surface area contributed by atoms with Gasteiger partial charge in [0.2, 0.25) is 0 Å². The normalized spacial score (nSPS) is 10.2. The van der Waals surface area contributed by atoms with Gasteiger partial charge in [-0.05, 0) is 12.1 Å². The number of aromatic carboxylic acids is 1. The molecule has 0 aliphatic carbocycles. The van der Waals surface area contributed by atoms with Crippen molar-refractivity contribution in [1.29, 1.82) is 0 Å². The van der Waals surface area contributed by atoms with Crippen molar-refractivity contribution in [2.75, 3.05) is 0 Å². The van der Waals surface area contributed by atoms with Crippen LogP contribution in [0.4, 0.5) is 0 Å². The topological polar surface area (TPSA) is 68.0 Å². The van der Waals surface area contributed by atoms with Gasteiger partial charge < -0.3 is 5.11 Å². The Morgan fingerprint density at radius 1 is 1.47 bits per heavy atom. The molecule has 0 saturated heterocycles. The zero-order valence-electron chi connectivity index (χ0n) is 7.46. The van der Waals surface area contributed by atoms with Crippen LogP contribution in [0.5, 0.6) is 0 Å². The average Bonchev–Trinajstić information content (AvgIpc) is 2.66. The lowest BCUT2D eigenvalue weighted by Gasteiger charge is -1.99. The fourth-order valence-electron chi connectivity index (χ4n) is 1.12. The van der Waals surface area contributed by atoms with Crippen LogP contribution < -0.4 is 0 Å². The molecule has 6 heteroatoms. The van der Waals surface area contributed by atoms with E-state index in [-0.39, 0.29) is 5.69 Å². The summed E-state index contributed by atoms with van der Waals surface area (Å²) in [6.07, 6.45) is 3.08. The molecule has 0 unspecified atom stereocenters. The first-order valence-electron chi connectivity index (χ1n) is 4.08.